The van der Waals surface area contributed by atoms with E-state index in [0.717, 1.165) is 13.0 Å². The van der Waals surface area contributed by atoms with Crippen LogP contribution in [0.1, 0.15) is 13.3 Å². The quantitative estimate of drug-likeness (QED) is 0.614. The fourth-order valence-electron chi connectivity index (χ4n) is 1.57. The zero-order valence-electron chi connectivity index (χ0n) is 11.0. The van der Waals surface area contributed by atoms with E-state index < -0.39 is 0 Å². The first kappa shape index (κ1) is 14.3. The zero-order chi connectivity index (χ0) is 14.4. The van der Waals surface area contributed by atoms with Crippen LogP contribution in [0.15, 0.2) is 34.5 Å². The standard InChI is InChI=1S/C12H15N5O2S/c1-2-7-17-9(3-6-14-17)15-11(19)8-20-12-13-5-4-10(18)16-12/h3-6H,2,7-8H2,1H3,(H,15,19)(H,13,16,18). The molecule has 0 fully saturated rings. The highest BCUT2D eigenvalue weighted by Crippen LogP contribution is 2.12. The van der Waals surface area contributed by atoms with Crippen molar-refractivity contribution in [3.05, 3.63) is 34.9 Å². The van der Waals surface area contributed by atoms with Gasteiger partial charge in [0.05, 0.1) is 11.9 Å². The van der Waals surface area contributed by atoms with Crippen LogP contribution in [0.2, 0.25) is 0 Å². The van der Waals surface area contributed by atoms with Crippen LogP contribution >= 0.6 is 11.8 Å². The number of nitrogens with one attached hydrogen (secondary N) is 2. The normalized spacial score (nSPS) is 10.4. The number of aromatic amines is 1. The van der Waals surface area contributed by atoms with Gasteiger partial charge in [-0.15, -0.1) is 0 Å². The number of aromatic nitrogens is 4. The second-order valence-corrected chi connectivity index (χ2v) is 4.98. The Balaban J connectivity index is 1.89. The highest BCUT2D eigenvalue weighted by Gasteiger charge is 2.08. The molecular formula is C12H15N5O2S. The van der Waals surface area contributed by atoms with E-state index in [1.165, 1.54) is 24.0 Å². The predicted molar refractivity (Wildman–Crippen MR) is 76.7 cm³/mol. The molecule has 0 spiro atoms. The smallest absolute Gasteiger partial charge is 0.251 e. The molecule has 2 rings (SSSR count). The summed E-state index contributed by atoms with van der Waals surface area (Å²) in [6.45, 7) is 2.80. The molecule has 0 saturated heterocycles. The molecular weight excluding hydrogens is 278 g/mol. The number of carbonyl (C=O) groups excluding carboxylic acids is 1. The third-order valence-electron chi connectivity index (χ3n) is 2.41. The van der Waals surface area contributed by atoms with Crippen LogP contribution in [0.3, 0.4) is 0 Å². The third kappa shape index (κ3) is 3.95. The van der Waals surface area contributed by atoms with Crippen LogP contribution in [-0.2, 0) is 11.3 Å². The molecule has 0 saturated carbocycles. The Morgan fingerprint density at radius 2 is 2.30 bits per heavy atom. The lowest BCUT2D eigenvalue weighted by molar-refractivity contribution is -0.113. The highest BCUT2D eigenvalue weighted by molar-refractivity contribution is 7.99. The predicted octanol–water partition coefficient (Wildman–Crippen LogP) is 1.11. The number of hydrogen-bond donors (Lipinski definition) is 2. The van der Waals surface area contributed by atoms with Crippen molar-refractivity contribution in [3.63, 3.8) is 0 Å². The number of rotatable bonds is 6. The van der Waals surface area contributed by atoms with E-state index >= 15 is 0 Å². The summed E-state index contributed by atoms with van der Waals surface area (Å²) in [5, 5.41) is 7.33. The van der Waals surface area contributed by atoms with Gasteiger partial charge in [0.2, 0.25) is 5.91 Å². The van der Waals surface area contributed by atoms with Crippen molar-refractivity contribution < 1.29 is 4.79 Å². The molecule has 7 nitrogen and oxygen atoms in total. The number of thioether (sulfide) groups is 1. The summed E-state index contributed by atoms with van der Waals surface area (Å²) in [4.78, 5) is 29.4. The van der Waals surface area contributed by atoms with E-state index in [2.05, 4.69) is 20.4 Å². The number of anilines is 1. The van der Waals surface area contributed by atoms with E-state index in [4.69, 9.17) is 0 Å². The largest absolute Gasteiger partial charge is 0.310 e. The molecule has 0 aromatic carbocycles. The van der Waals surface area contributed by atoms with Crippen molar-refractivity contribution >= 4 is 23.5 Å². The van der Waals surface area contributed by atoms with E-state index in [1.807, 2.05) is 6.92 Å². The maximum atomic E-state index is 11.8. The summed E-state index contributed by atoms with van der Waals surface area (Å²) in [7, 11) is 0. The van der Waals surface area contributed by atoms with Crippen molar-refractivity contribution in [1.82, 2.24) is 19.7 Å². The van der Waals surface area contributed by atoms with Gasteiger partial charge in [-0.1, -0.05) is 18.7 Å². The highest BCUT2D eigenvalue weighted by atomic mass is 32.2. The van der Waals surface area contributed by atoms with Gasteiger partial charge < -0.3 is 10.3 Å². The summed E-state index contributed by atoms with van der Waals surface area (Å²) in [6.07, 6.45) is 4.00. The van der Waals surface area contributed by atoms with Crippen molar-refractivity contribution in [2.75, 3.05) is 11.1 Å². The first-order valence-corrected chi connectivity index (χ1v) is 7.17. The van der Waals surface area contributed by atoms with Crippen molar-refractivity contribution in [2.45, 2.75) is 25.0 Å². The number of aryl methyl sites for hydroxylation is 1. The fraction of sp³-hybridized carbons (Fsp3) is 0.333. The second-order valence-electron chi connectivity index (χ2n) is 4.02. The summed E-state index contributed by atoms with van der Waals surface area (Å²) in [6, 6.07) is 3.08. The molecule has 0 atom stereocenters. The molecule has 0 unspecified atom stereocenters. The molecule has 0 radical (unpaired) electrons. The monoisotopic (exact) mass is 293 g/mol. The minimum absolute atomic E-state index is 0.167. The first-order chi connectivity index (χ1) is 9.69. The SMILES string of the molecule is CCCn1nccc1NC(=O)CSc1nccc(=O)[nH]1. The van der Waals surface area contributed by atoms with Crippen LogP contribution in [0.5, 0.6) is 0 Å². The number of carbonyl (C=O) groups is 1. The van der Waals surface area contributed by atoms with Gasteiger partial charge >= 0.3 is 0 Å². The maximum Gasteiger partial charge on any atom is 0.251 e. The Bertz CT molecular complexity index is 637. The molecule has 2 N–H and O–H groups in total. The van der Waals surface area contributed by atoms with Crippen LogP contribution in [0.4, 0.5) is 5.82 Å². The summed E-state index contributed by atoms with van der Waals surface area (Å²) >= 11 is 1.18. The van der Waals surface area contributed by atoms with Gasteiger partial charge in [-0.2, -0.15) is 5.10 Å². The number of amides is 1. The average Bonchev–Trinajstić information content (AvgIpc) is 2.84. The van der Waals surface area contributed by atoms with Gasteiger partial charge in [0.25, 0.3) is 5.56 Å². The molecule has 20 heavy (non-hydrogen) atoms. The van der Waals surface area contributed by atoms with Gasteiger partial charge in [-0.05, 0) is 6.42 Å². The van der Waals surface area contributed by atoms with Gasteiger partial charge in [0.1, 0.15) is 5.82 Å². The first-order valence-electron chi connectivity index (χ1n) is 6.19. The van der Waals surface area contributed by atoms with Crippen LogP contribution in [-0.4, -0.2) is 31.4 Å². The molecule has 1 amide bonds. The minimum Gasteiger partial charge on any atom is -0.310 e. The topological polar surface area (TPSA) is 92.7 Å². The lowest BCUT2D eigenvalue weighted by atomic mass is 10.5. The third-order valence-corrected chi connectivity index (χ3v) is 3.29. The van der Waals surface area contributed by atoms with Crippen LogP contribution < -0.4 is 10.9 Å². The summed E-state index contributed by atoms with van der Waals surface area (Å²) in [5.74, 6) is 0.677. The Labute approximate surface area is 119 Å². The molecule has 8 heteroatoms. The Morgan fingerprint density at radius 1 is 1.45 bits per heavy atom. The Hall–Kier alpha value is -2.09. The Kier molecular flexibility index (Phi) is 4.94. The second kappa shape index (κ2) is 6.90. The number of nitrogens with zero attached hydrogens (tertiary/aromatic N) is 3. The molecule has 0 aliphatic heterocycles. The van der Waals surface area contributed by atoms with E-state index in [1.54, 1.807) is 16.9 Å². The summed E-state index contributed by atoms with van der Waals surface area (Å²) < 4.78 is 1.74. The molecule has 2 heterocycles. The van der Waals surface area contributed by atoms with Gasteiger partial charge in [-0.25, -0.2) is 9.67 Å². The van der Waals surface area contributed by atoms with Crippen molar-refractivity contribution in [3.8, 4) is 0 Å². The molecule has 0 aliphatic rings. The van der Waals surface area contributed by atoms with Gasteiger partial charge in [0.15, 0.2) is 5.16 Å². The molecule has 0 aliphatic carbocycles. The maximum absolute atomic E-state index is 11.8. The van der Waals surface area contributed by atoms with Gasteiger partial charge in [-0.3, -0.25) is 9.59 Å². The van der Waals surface area contributed by atoms with Crippen LogP contribution in [0, 0.1) is 0 Å². The summed E-state index contributed by atoms with van der Waals surface area (Å²) in [5.41, 5.74) is -0.232. The average molecular weight is 293 g/mol. The fourth-order valence-corrected chi connectivity index (χ4v) is 2.22. The zero-order valence-corrected chi connectivity index (χ0v) is 11.8. The number of hydrogen-bond acceptors (Lipinski definition) is 5. The van der Waals surface area contributed by atoms with Crippen LogP contribution in [0.25, 0.3) is 0 Å². The molecule has 2 aromatic heterocycles. The van der Waals surface area contributed by atoms with Crippen molar-refractivity contribution in [1.29, 1.82) is 0 Å². The minimum atomic E-state index is -0.232. The lowest BCUT2D eigenvalue weighted by Crippen LogP contribution is -2.18. The van der Waals surface area contributed by atoms with E-state index in [-0.39, 0.29) is 17.2 Å². The lowest BCUT2D eigenvalue weighted by Gasteiger charge is -2.07. The van der Waals surface area contributed by atoms with Crippen molar-refractivity contribution in [2.24, 2.45) is 0 Å². The molecule has 106 valence electrons. The van der Waals surface area contributed by atoms with E-state index in [0.29, 0.717) is 11.0 Å². The number of H-pyrrole nitrogens is 1. The van der Waals surface area contributed by atoms with E-state index in [9.17, 15) is 9.59 Å². The Morgan fingerprint density at radius 3 is 3.05 bits per heavy atom. The molecule has 2 aromatic rings. The van der Waals surface area contributed by atoms with Gasteiger partial charge in [0, 0.05) is 24.9 Å². The molecule has 0 bridgehead atoms.